The minimum absolute atomic E-state index is 0.0893. The minimum atomic E-state index is -0.0893. The van der Waals surface area contributed by atoms with Crippen molar-refractivity contribution in [2.75, 3.05) is 14.2 Å². The Balaban J connectivity index is 2.21. The van der Waals surface area contributed by atoms with Gasteiger partial charge in [-0.25, -0.2) is 0 Å². The molecule has 0 saturated heterocycles. The summed E-state index contributed by atoms with van der Waals surface area (Å²) in [5, 5.41) is 0. The van der Waals surface area contributed by atoms with Gasteiger partial charge in [0.25, 0.3) is 0 Å². The van der Waals surface area contributed by atoms with Crippen molar-refractivity contribution < 1.29 is 9.47 Å². The van der Waals surface area contributed by atoms with E-state index in [9.17, 15) is 0 Å². The molecule has 4 heteroatoms. The third-order valence-corrected chi connectivity index (χ3v) is 4.01. The van der Waals surface area contributed by atoms with E-state index in [1.165, 1.54) is 5.56 Å². The summed E-state index contributed by atoms with van der Waals surface area (Å²) in [6.07, 6.45) is 0.761. The highest BCUT2D eigenvalue weighted by Crippen LogP contribution is 2.31. The molecule has 0 aliphatic rings. The molecular weight excluding hydrogens is 318 g/mol. The van der Waals surface area contributed by atoms with E-state index < -0.39 is 0 Å². The van der Waals surface area contributed by atoms with Crippen LogP contribution < -0.4 is 15.2 Å². The normalized spacial score (nSPS) is 12.0. The maximum absolute atomic E-state index is 6.29. The van der Waals surface area contributed by atoms with E-state index in [1.54, 1.807) is 14.2 Å². The Morgan fingerprint density at radius 1 is 1.05 bits per heavy atom. The lowest BCUT2D eigenvalue weighted by Crippen LogP contribution is -2.13. The number of methoxy groups -OCH3 is 2. The number of rotatable bonds is 5. The van der Waals surface area contributed by atoms with Gasteiger partial charge in [0.1, 0.15) is 0 Å². The Bertz CT molecular complexity index is 586. The topological polar surface area (TPSA) is 44.5 Å². The Morgan fingerprint density at radius 3 is 2.40 bits per heavy atom. The summed E-state index contributed by atoms with van der Waals surface area (Å²) in [4.78, 5) is 0. The summed E-state index contributed by atoms with van der Waals surface area (Å²) in [7, 11) is 3.25. The average molecular weight is 336 g/mol. The van der Waals surface area contributed by atoms with Crippen molar-refractivity contribution in [3.05, 3.63) is 58.1 Å². The fourth-order valence-electron chi connectivity index (χ4n) is 2.10. The van der Waals surface area contributed by atoms with Gasteiger partial charge >= 0.3 is 0 Å². The molecule has 3 nitrogen and oxygen atoms in total. The monoisotopic (exact) mass is 335 g/mol. The smallest absolute Gasteiger partial charge is 0.161 e. The maximum atomic E-state index is 6.29. The van der Waals surface area contributed by atoms with Crippen LogP contribution in [0.4, 0.5) is 0 Å². The van der Waals surface area contributed by atoms with Gasteiger partial charge < -0.3 is 15.2 Å². The van der Waals surface area contributed by atoms with Crippen LogP contribution in [-0.4, -0.2) is 14.2 Å². The lowest BCUT2D eigenvalue weighted by molar-refractivity contribution is 0.354. The molecule has 106 valence electrons. The summed E-state index contributed by atoms with van der Waals surface area (Å²) in [6, 6.07) is 13.8. The first kappa shape index (κ1) is 14.9. The second kappa shape index (κ2) is 6.77. The van der Waals surface area contributed by atoms with Gasteiger partial charge in [-0.1, -0.05) is 40.2 Å². The quantitative estimate of drug-likeness (QED) is 0.905. The predicted octanol–water partition coefficient (Wildman–Crippen LogP) is 3.71. The molecule has 0 amide bonds. The first-order chi connectivity index (χ1) is 9.65. The molecule has 0 aliphatic heterocycles. The number of halogens is 1. The molecule has 0 spiro atoms. The first-order valence-electron chi connectivity index (χ1n) is 6.36. The first-order valence-corrected chi connectivity index (χ1v) is 7.16. The molecule has 0 bridgehead atoms. The summed E-state index contributed by atoms with van der Waals surface area (Å²) in [6.45, 7) is 0. The highest BCUT2D eigenvalue weighted by atomic mass is 79.9. The molecule has 2 aromatic carbocycles. The van der Waals surface area contributed by atoms with Crippen molar-refractivity contribution >= 4 is 15.9 Å². The fraction of sp³-hybridized carbons (Fsp3) is 0.250. The fourth-order valence-corrected chi connectivity index (χ4v) is 2.55. The zero-order valence-corrected chi connectivity index (χ0v) is 13.2. The largest absolute Gasteiger partial charge is 0.493 e. The highest BCUT2D eigenvalue weighted by molar-refractivity contribution is 9.10. The van der Waals surface area contributed by atoms with Crippen molar-refractivity contribution in [2.24, 2.45) is 5.73 Å². The molecular formula is C16H18BrNO2. The highest BCUT2D eigenvalue weighted by Gasteiger charge is 2.12. The van der Waals surface area contributed by atoms with Gasteiger partial charge in [-0.15, -0.1) is 0 Å². The van der Waals surface area contributed by atoms with Crippen LogP contribution in [0.2, 0.25) is 0 Å². The molecule has 0 aliphatic carbocycles. The van der Waals surface area contributed by atoms with E-state index in [1.807, 2.05) is 36.4 Å². The summed E-state index contributed by atoms with van der Waals surface area (Å²) in [5.74, 6) is 1.41. The van der Waals surface area contributed by atoms with Crippen LogP contribution in [0.5, 0.6) is 11.5 Å². The van der Waals surface area contributed by atoms with Crippen molar-refractivity contribution in [2.45, 2.75) is 12.5 Å². The molecule has 0 radical (unpaired) electrons. The minimum Gasteiger partial charge on any atom is -0.493 e. The zero-order chi connectivity index (χ0) is 14.5. The lowest BCUT2D eigenvalue weighted by Gasteiger charge is -2.15. The number of nitrogens with two attached hydrogens (primary N) is 1. The van der Waals surface area contributed by atoms with E-state index in [0.29, 0.717) is 11.5 Å². The van der Waals surface area contributed by atoms with Crippen LogP contribution in [0.1, 0.15) is 17.2 Å². The van der Waals surface area contributed by atoms with Crippen molar-refractivity contribution in [3.8, 4) is 11.5 Å². The van der Waals surface area contributed by atoms with Gasteiger partial charge in [0, 0.05) is 10.5 Å². The van der Waals surface area contributed by atoms with Crippen molar-refractivity contribution in [1.29, 1.82) is 0 Å². The van der Waals surface area contributed by atoms with Crippen LogP contribution in [-0.2, 0) is 6.42 Å². The SMILES string of the molecule is COc1ccc(C(N)Cc2ccccc2Br)cc1OC. The maximum Gasteiger partial charge on any atom is 0.161 e. The van der Waals surface area contributed by atoms with E-state index in [-0.39, 0.29) is 6.04 Å². The summed E-state index contributed by atoms with van der Waals surface area (Å²) < 4.78 is 11.6. The van der Waals surface area contributed by atoms with Crippen LogP contribution in [0.25, 0.3) is 0 Å². The summed E-state index contributed by atoms with van der Waals surface area (Å²) >= 11 is 3.55. The van der Waals surface area contributed by atoms with Crippen LogP contribution >= 0.6 is 15.9 Å². The molecule has 0 saturated carbocycles. The number of hydrogen-bond donors (Lipinski definition) is 1. The Kier molecular flexibility index (Phi) is 5.04. The van der Waals surface area contributed by atoms with Gasteiger partial charge in [-0.3, -0.25) is 0 Å². The summed E-state index contributed by atoms with van der Waals surface area (Å²) in [5.41, 5.74) is 8.51. The van der Waals surface area contributed by atoms with Crippen molar-refractivity contribution in [1.82, 2.24) is 0 Å². The third kappa shape index (κ3) is 3.32. The van der Waals surface area contributed by atoms with Crippen LogP contribution in [0.15, 0.2) is 46.9 Å². The van der Waals surface area contributed by atoms with E-state index in [4.69, 9.17) is 15.2 Å². The lowest BCUT2D eigenvalue weighted by atomic mass is 9.99. The molecule has 0 fully saturated rings. The molecule has 1 atom stereocenters. The Hall–Kier alpha value is -1.52. The molecule has 2 aromatic rings. The van der Waals surface area contributed by atoms with Gasteiger partial charge in [0.15, 0.2) is 11.5 Å². The molecule has 0 heterocycles. The van der Waals surface area contributed by atoms with E-state index in [0.717, 1.165) is 16.5 Å². The molecule has 0 aromatic heterocycles. The van der Waals surface area contributed by atoms with Gasteiger partial charge in [-0.2, -0.15) is 0 Å². The predicted molar refractivity (Wildman–Crippen MR) is 84.3 cm³/mol. The molecule has 1 unspecified atom stereocenters. The van der Waals surface area contributed by atoms with Gasteiger partial charge in [0.2, 0.25) is 0 Å². The van der Waals surface area contributed by atoms with E-state index in [2.05, 4.69) is 22.0 Å². The van der Waals surface area contributed by atoms with Crippen LogP contribution in [0.3, 0.4) is 0 Å². The zero-order valence-electron chi connectivity index (χ0n) is 11.6. The molecule has 20 heavy (non-hydrogen) atoms. The average Bonchev–Trinajstić information content (AvgIpc) is 2.48. The number of benzene rings is 2. The third-order valence-electron chi connectivity index (χ3n) is 3.23. The van der Waals surface area contributed by atoms with Gasteiger partial charge in [0.05, 0.1) is 14.2 Å². The molecule has 2 N–H and O–H groups in total. The Morgan fingerprint density at radius 2 is 1.75 bits per heavy atom. The second-order valence-corrected chi connectivity index (χ2v) is 5.37. The number of hydrogen-bond acceptors (Lipinski definition) is 3. The van der Waals surface area contributed by atoms with Crippen LogP contribution in [0, 0.1) is 0 Å². The Labute approximate surface area is 127 Å². The van der Waals surface area contributed by atoms with Gasteiger partial charge in [-0.05, 0) is 35.7 Å². The van der Waals surface area contributed by atoms with Crippen molar-refractivity contribution in [3.63, 3.8) is 0 Å². The van der Waals surface area contributed by atoms with E-state index >= 15 is 0 Å². The molecule has 2 rings (SSSR count). The number of ether oxygens (including phenoxy) is 2. The second-order valence-electron chi connectivity index (χ2n) is 4.52. The standard InChI is InChI=1S/C16H18BrNO2/c1-19-15-8-7-12(10-16(15)20-2)14(18)9-11-5-3-4-6-13(11)17/h3-8,10,14H,9,18H2,1-2H3.